The minimum absolute atomic E-state index is 0. The number of aryl methyl sites for hydroxylation is 1. The van der Waals surface area contributed by atoms with E-state index in [-0.39, 0.29) is 47.4 Å². The van der Waals surface area contributed by atoms with E-state index in [1.165, 1.54) is 38.3 Å². The van der Waals surface area contributed by atoms with E-state index in [1.54, 1.807) is 20.1 Å². The van der Waals surface area contributed by atoms with Gasteiger partial charge in [0.05, 0.1) is 13.3 Å². The molecule has 6 nitrogen and oxygen atoms in total. The van der Waals surface area contributed by atoms with Crippen LogP contribution in [0.4, 0.5) is 4.39 Å². The van der Waals surface area contributed by atoms with Gasteiger partial charge in [-0.15, -0.1) is 0 Å². The average Bonchev–Trinajstić information content (AvgIpc) is 3.74. The normalized spacial score (nSPS) is 21.8. The molecule has 7 rings (SSSR count). The van der Waals surface area contributed by atoms with Crippen LogP contribution in [0.5, 0.6) is 11.6 Å². The second-order valence-corrected chi connectivity index (χ2v) is 13.2. The molecule has 3 atom stereocenters. The van der Waals surface area contributed by atoms with E-state index in [2.05, 4.69) is 40.2 Å². The van der Waals surface area contributed by atoms with Crippen LogP contribution >= 0.6 is 0 Å². The number of aromatic nitrogens is 1. The van der Waals surface area contributed by atoms with E-state index in [1.807, 2.05) is 6.07 Å². The Bertz CT molecular complexity index is 1540. The third-order valence-corrected chi connectivity index (χ3v) is 10.7. The summed E-state index contributed by atoms with van der Waals surface area (Å²) in [5.74, 6) is -0.338. The summed E-state index contributed by atoms with van der Waals surface area (Å²) in [6.07, 6.45) is 11.1. The van der Waals surface area contributed by atoms with Crippen molar-refractivity contribution in [3.63, 3.8) is 0 Å². The summed E-state index contributed by atoms with van der Waals surface area (Å²) in [4.78, 5) is 18.5. The molecule has 1 unspecified atom stereocenters. The molecule has 0 bridgehead atoms. The van der Waals surface area contributed by atoms with Gasteiger partial charge in [0.2, 0.25) is 5.88 Å². The van der Waals surface area contributed by atoms with Gasteiger partial charge >= 0.3 is 29.6 Å². The summed E-state index contributed by atoms with van der Waals surface area (Å²) >= 11 is 0. The molecule has 3 aromatic rings. The van der Waals surface area contributed by atoms with Gasteiger partial charge in [-0.05, 0) is 110 Å². The minimum Gasteiger partial charge on any atom is -0.550 e. The number of carbonyl (C=O) groups is 1. The van der Waals surface area contributed by atoms with Crippen molar-refractivity contribution in [1.82, 2.24) is 9.88 Å². The number of halogens is 1. The molecule has 8 heteroatoms. The third-order valence-electron chi connectivity index (χ3n) is 10.7. The van der Waals surface area contributed by atoms with Gasteiger partial charge in [-0.2, -0.15) is 0 Å². The van der Waals surface area contributed by atoms with Crippen molar-refractivity contribution in [3.05, 3.63) is 76.7 Å². The Kier molecular flexibility index (Phi) is 9.13. The Balaban J connectivity index is 0.00000343. The van der Waals surface area contributed by atoms with Crippen molar-refractivity contribution < 1.29 is 53.3 Å². The van der Waals surface area contributed by atoms with Crippen molar-refractivity contribution in [2.45, 2.75) is 88.8 Å². The zero-order valence-electron chi connectivity index (χ0n) is 26.1. The van der Waals surface area contributed by atoms with Crippen molar-refractivity contribution in [2.24, 2.45) is 11.8 Å². The van der Waals surface area contributed by atoms with Crippen LogP contribution in [-0.2, 0) is 17.8 Å². The van der Waals surface area contributed by atoms with E-state index in [4.69, 9.17) is 9.47 Å². The molecule has 2 aliphatic carbocycles. The first kappa shape index (κ1) is 31.5. The molecule has 1 aromatic heterocycles. The van der Waals surface area contributed by atoms with E-state index in [9.17, 15) is 9.90 Å². The topological polar surface area (TPSA) is 74.7 Å². The van der Waals surface area contributed by atoms with Crippen molar-refractivity contribution in [3.8, 4) is 22.8 Å². The molecule has 0 radical (unpaired) electrons. The molecule has 2 saturated carbocycles. The molecular formula is C36H40FN2NaO4. The van der Waals surface area contributed by atoms with Gasteiger partial charge < -0.3 is 19.4 Å². The fourth-order valence-corrected chi connectivity index (χ4v) is 7.94. The zero-order chi connectivity index (χ0) is 29.7. The molecule has 1 saturated heterocycles. The van der Waals surface area contributed by atoms with E-state index >= 15 is 4.39 Å². The van der Waals surface area contributed by atoms with E-state index in [0.717, 1.165) is 72.3 Å². The van der Waals surface area contributed by atoms with Gasteiger partial charge in [-0.1, -0.05) is 37.3 Å². The zero-order valence-corrected chi connectivity index (χ0v) is 28.1. The number of carbonyl (C=O) groups excluding carboxylic acids is 1. The Morgan fingerprint density at radius 3 is 2.61 bits per heavy atom. The number of pyridine rings is 1. The van der Waals surface area contributed by atoms with Gasteiger partial charge in [0.25, 0.3) is 0 Å². The van der Waals surface area contributed by atoms with Gasteiger partial charge in [0.1, 0.15) is 17.7 Å². The van der Waals surface area contributed by atoms with Crippen LogP contribution in [0.25, 0.3) is 11.1 Å². The summed E-state index contributed by atoms with van der Waals surface area (Å²) in [5.41, 5.74) is 6.02. The maximum atomic E-state index is 15.2. The van der Waals surface area contributed by atoms with Crippen LogP contribution in [0.15, 0.2) is 48.7 Å². The number of hydrogen-bond acceptors (Lipinski definition) is 6. The first-order valence-corrected chi connectivity index (χ1v) is 15.9. The van der Waals surface area contributed by atoms with E-state index < -0.39 is 11.9 Å². The number of benzene rings is 2. The van der Waals surface area contributed by atoms with Crippen LogP contribution in [0.2, 0.25) is 0 Å². The number of rotatable bonds is 9. The summed E-state index contributed by atoms with van der Waals surface area (Å²) in [7, 11) is 1.55. The molecule has 2 aromatic carbocycles. The number of nitrogens with zero attached hydrogens (tertiary/aromatic N) is 2. The van der Waals surface area contributed by atoms with Crippen LogP contribution in [0.1, 0.15) is 92.6 Å². The Hall–Kier alpha value is -2.45. The molecule has 226 valence electrons. The number of carboxylic acids is 1. The number of carboxylic acid groups (broad SMARTS) is 1. The number of hydrogen-bond donors (Lipinski definition) is 0. The monoisotopic (exact) mass is 606 g/mol. The fourth-order valence-electron chi connectivity index (χ4n) is 7.94. The number of likely N-dealkylation sites (tertiary alicyclic amines) is 1. The molecule has 2 aliphatic heterocycles. The maximum Gasteiger partial charge on any atom is 1.00 e. The minimum atomic E-state index is -0.994. The average molecular weight is 607 g/mol. The summed E-state index contributed by atoms with van der Waals surface area (Å²) in [6.45, 7) is 3.60. The third kappa shape index (κ3) is 5.93. The summed E-state index contributed by atoms with van der Waals surface area (Å²) in [6, 6.07) is 14.3. The van der Waals surface area contributed by atoms with Gasteiger partial charge in [0, 0.05) is 35.6 Å². The predicted molar refractivity (Wildman–Crippen MR) is 160 cm³/mol. The number of aliphatic carboxylic acids is 1. The quantitative estimate of drug-likeness (QED) is 0.348. The Morgan fingerprint density at radius 2 is 1.91 bits per heavy atom. The molecular weight excluding hydrogens is 566 g/mol. The number of methoxy groups -OCH3 is 1. The summed E-state index contributed by atoms with van der Waals surface area (Å²) < 4.78 is 27.2. The molecule has 4 aliphatic rings. The molecule has 44 heavy (non-hydrogen) atoms. The predicted octanol–water partition coefficient (Wildman–Crippen LogP) is 3.36. The van der Waals surface area contributed by atoms with Crippen molar-refractivity contribution >= 4 is 5.97 Å². The van der Waals surface area contributed by atoms with E-state index in [0.29, 0.717) is 22.9 Å². The Morgan fingerprint density at radius 1 is 1.11 bits per heavy atom. The first-order valence-electron chi connectivity index (χ1n) is 15.9. The second kappa shape index (κ2) is 12.7. The number of ether oxygens (including phenoxy) is 2. The largest absolute Gasteiger partial charge is 1.00 e. The van der Waals surface area contributed by atoms with Crippen molar-refractivity contribution in [1.29, 1.82) is 0 Å². The van der Waals surface area contributed by atoms with Gasteiger partial charge in [-0.3, -0.25) is 4.90 Å². The maximum absolute atomic E-state index is 15.2. The summed E-state index contributed by atoms with van der Waals surface area (Å²) in [5, 5.41) is 11.8. The Labute approximate surface area is 281 Å². The molecule has 0 amide bonds. The smallest absolute Gasteiger partial charge is 0.550 e. The van der Waals surface area contributed by atoms with Crippen LogP contribution in [0.3, 0.4) is 0 Å². The van der Waals surface area contributed by atoms with Gasteiger partial charge in [0.15, 0.2) is 0 Å². The van der Waals surface area contributed by atoms with Crippen molar-refractivity contribution in [2.75, 3.05) is 13.7 Å². The SMILES string of the molecule is COc1cc(-c2ccc(C3CCc4ccc([C@H](C5CC5)[C@H](C)C(=O)[O-])cc4O3)cc2CN2CCCC23CCC3)c(F)cn1.[Na+]. The van der Waals surface area contributed by atoms with Crippen LogP contribution in [-0.4, -0.2) is 35.0 Å². The standard InChI is InChI=1S/C36H41FN2O4.Na/c1-22(35(40)41)34(24-6-7-24)26-8-5-23-10-12-31(43-32(23)18-26)25-9-11-28(29-19-33(42-2)38-20-30(29)37)27(17-25)21-39-16-4-15-36(39)13-3-14-36;/h5,8-9,11,17-20,22,24,31,34H,3-4,6-7,10,12-16,21H2,1-2H3,(H,40,41);/q;+1/p-1/t22-,31?,34-;/m0./s1. The fraction of sp³-hybridized carbons (Fsp3) is 0.500. The number of fused-ring (bicyclic) bond motifs is 1. The molecule has 0 N–H and O–H groups in total. The van der Waals surface area contributed by atoms with Gasteiger partial charge in [-0.25, -0.2) is 9.37 Å². The molecule has 3 fully saturated rings. The first-order chi connectivity index (χ1) is 20.8. The molecule has 3 heterocycles. The molecule has 1 spiro atoms. The van der Waals surface area contributed by atoms with Crippen LogP contribution < -0.4 is 44.1 Å². The van der Waals surface area contributed by atoms with Crippen LogP contribution in [0, 0.1) is 17.7 Å². The second-order valence-electron chi connectivity index (χ2n) is 13.2.